The molecular formula is C15H22N2OS2. The Morgan fingerprint density at radius 3 is 2.85 bits per heavy atom. The Morgan fingerprint density at radius 2 is 2.15 bits per heavy atom. The van der Waals surface area contributed by atoms with Gasteiger partial charge in [0.25, 0.3) is 5.91 Å². The average Bonchev–Trinajstić information content (AvgIpc) is 2.68. The van der Waals surface area contributed by atoms with Crippen LogP contribution >= 0.6 is 23.6 Å². The summed E-state index contributed by atoms with van der Waals surface area (Å²) in [5, 5.41) is 0. The minimum Gasteiger partial charge on any atom is -0.392 e. The molecule has 0 atom stereocenters. The summed E-state index contributed by atoms with van der Waals surface area (Å²) in [6.45, 7) is 3.15. The third-order valence-corrected chi connectivity index (χ3v) is 4.94. The lowest BCUT2D eigenvalue weighted by Gasteiger charge is -2.20. The van der Waals surface area contributed by atoms with E-state index in [4.69, 9.17) is 18.0 Å². The fourth-order valence-electron chi connectivity index (χ4n) is 2.64. The normalized spacial score (nSPS) is 14.4. The number of fused-ring (bicyclic) bond motifs is 1. The van der Waals surface area contributed by atoms with Crippen LogP contribution in [0.2, 0.25) is 0 Å². The second-order valence-corrected chi connectivity index (χ2v) is 6.97. The van der Waals surface area contributed by atoms with Crippen LogP contribution in [0.25, 0.3) is 0 Å². The van der Waals surface area contributed by atoms with Gasteiger partial charge in [0.1, 0.15) is 0 Å². The van der Waals surface area contributed by atoms with Gasteiger partial charge in [-0.2, -0.15) is 0 Å². The Hall–Kier alpha value is -0.940. The summed E-state index contributed by atoms with van der Waals surface area (Å²) < 4.78 is 0. The average molecular weight is 310 g/mol. The SMILES string of the molecule is CCCN(CC(N)=S)C(=O)c1cc2c(s1)CCCCC2. The second kappa shape index (κ2) is 7.18. The highest BCUT2D eigenvalue weighted by molar-refractivity contribution is 7.80. The predicted molar refractivity (Wildman–Crippen MR) is 88.6 cm³/mol. The molecule has 0 radical (unpaired) electrons. The van der Waals surface area contributed by atoms with Crippen molar-refractivity contribution in [3.8, 4) is 0 Å². The van der Waals surface area contributed by atoms with Gasteiger partial charge in [0.05, 0.1) is 16.4 Å². The van der Waals surface area contributed by atoms with Gasteiger partial charge in [0, 0.05) is 11.4 Å². The molecule has 1 aliphatic rings. The molecule has 0 saturated heterocycles. The molecule has 2 rings (SSSR count). The summed E-state index contributed by atoms with van der Waals surface area (Å²) in [5.74, 6) is 0.0812. The molecule has 20 heavy (non-hydrogen) atoms. The van der Waals surface area contributed by atoms with Crippen LogP contribution in [-0.2, 0) is 12.8 Å². The number of nitrogens with zero attached hydrogens (tertiary/aromatic N) is 1. The molecule has 0 saturated carbocycles. The lowest BCUT2D eigenvalue weighted by atomic mass is 10.1. The Morgan fingerprint density at radius 1 is 1.40 bits per heavy atom. The number of amides is 1. The molecular weight excluding hydrogens is 288 g/mol. The number of nitrogens with two attached hydrogens (primary N) is 1. The standard InChI is InChI=1S/C15H22N2OS2/c1-2-8-17(10-14(16)19)15(18)13-9-11-6-4-3-5-7-12(11)20-13/h9H,2-8,10H2,1H3,(H2,16,19). The number of rotatable bonds is 5. The van der Waals surface area contributed by atoms with Crippen LogP contribution in [0.1, 0.15) is 52.7 Å². The topological polar surface area (TPSA) is 46.3 Å². The fraction of sp³-hybridized carbons (Fsp3) is 0.600. The van der Waals surface area contributed by atoms with Gasteiger partial charge in [-0.1, -0.05) is 25.6 Å². The summed E-state index contributed by atoms with van der Waals surface area (Å²) >= 11 is 6.61. The zero-order chi connectivity index (χ0) is 14.5. The highest BCUT2D eigenvalue weighted by atomic mass is 32.1. The number of hydrogen-bond donors (Lipinski definition) is 1. The monoisotopic (exact) mass is 310 g/mol. The van der Waals surface area contributed by atoms with Crippen molar-refractivity contribution in [3.05, 3.63) is 21.4 Å². The molecule has 0 fully saturated rings. The molecule has 0 spiro atoms. The van der Waals surface area contributed by atoms with Gasteiger partial charge in [-0.05, 0) is 43.7 Å². The first-order chi connectivity index (χ1) is 9.61. The minimum atomic E-state index is 0.0812. The van der Waals surface area contributed by atoms with Gasteiger partial charge in [0.15, 0.2) is 0 Å². The second-order valence-electron chi connectivity index (χ2n) is 5.31. The van der Waals surface area contributed by atoms with Crippen molar-refractivity contribution >= 4 is 34.5 Å². The van der Waals surface area contributed by atoms with Crippen LogP contribution in [0.5, 0.6) is 0 Å². The van der Waals surface area contributed by atoms with Crippen molar-refractivity contribution in [2.24, 2.45) is 5.73 Å². The van der Waals surface area contributed by atoms with Gasteiger partial charge in [-0.25, -0.2) is 0 Å². The maximum absolute atomic E-state index is 12.6. The van der Waals surface area contributed by atoms with Crippen molar-refractivity contribution < 1.29 is 4.79 Å². The van der Waals surface area contributed by atoms with Crippen LogP contribution < -0.4 is 5.73 Å². The Balaban J connectivity index is 2.16. The van der Waals surface area contributed by atoms with E-state index in [1.165, 1.54) is 29.7 Å². The number of carbonyl (C=O) groups excluding carboxylic acids is 1. The van der Waals surface area contributed by atoms with E-state index in [9.17, 15) is 4.79 Å². The molecule has 1 aromatic rings. The highest BCUT2D eigenvalue weighted by Gasteiger charge is 2.21. The molecule has 110 valence electrons. The molecule has 0 bridgehead atoms. The lowest BCUT2D eigenvalue weighted by Crippen LogP contribution is -2.37. The summed E-state index contributed by atoms with van der Waals surface area (Å²) in [6, 6.07) is 2.09. The molecule has 0 aromatic carbocycles. The van der Waals surface area contributed by atoms with E-state index in [2.05, 4.69) is 13.0 Å². The number of thiocarbonyl (C=S) groups is 1. The number of carbonyl (C=O) groups is 1. The largest absolute Gasteiger partial charge is 0.392 e. The van der Waals surface area contributed by atoms with Crippen LogP contribution in [0.3, 0.4) is 0 Å². The quantitative estimate of drug-likeness (QED) is 0.671. The maximum atomic E-state index is 12.6. The summed E-state index contributed by atoms with van der Waals surface area (Å²) in [7, 11) is 0. The van der Waals surface area contributed by atoms with E-state index in [-0.39, 0.29) is 5.91 Å². The minimum absolute atomic E-state index is 0.0812. The zero-order valence-corrected chi connectivity index (χ0v) is 13.6. The van der Waals surface area contributed by atoms with Gasteiger partial charge in [0.2, 0.25) is 0 Å². The Bertz CT molecular complexity index is 473. The van der Waals surface area contributed by atoms with E-state index in [1.54, 1.807) is 16.2 Å². The maximum Gasteiger partial charge on any atom is 0.264 e. The first-order valence-corrected chi connectivity index (χ1v) is 8.53. The van der Waals surface area contributed by atoms with Gasteiger partial charge in [-0.15, -0.1) is 11.3 Å². The third kappa shape index (κ3) is 3.79. The van der Waals surface area contributed by atoms with Crippen LogP contribution in [0, 0.1) is 0 Å². The van der Waals surface area contributed by atoms with Crippen molar-refractivity contribution in [2.75, 3.05) is 13.1 Å². The molecule has 0 unspecified atom stereocenters. The lowest BCUT2D eigenvalue weighted by molar-refractivity contribution is 0.0784. The molecule has 2 N–H and O–H groups in total. The Labute approximate surface area is 130 Å². The summed E-state index contributed by atoms with van der Waals surface area (Å²) in [5.41, 5.74) is 6.98. The van der Waals surface area contributed by atoms with E-state index >= 15 is 0 Å². The number of aryl methyl sites for hydroxylation is 2. The first kappa shape index (κ1) is 15.4. The van der Waals surface area contributed by atoms with Gasteiger partial charge < -0.3 is 10.6 Å². The molecule has 3 nitrogen and oxygen atoms in total. The van der Waals surface area contributed by atoms with E-state index in [1.807, 2.05) is 0 Å². The van der Waals surface area contributed by atoms with Crippen LogP contribution in [-0.4, -0.2) is 28.9 Å². The van der Waals surface area contributed by atoms with Crippen molar-refractivity contribution in [2.45, 2.75) is 45.4 Å². The van der Waals surface area contributed by atoms with Gasteiger partial charge >= 0.3 is 0 Å². The number of thiophene rings is 1. The molecule has 1 aliphatic carbocycles. The predicted octanol–water partition coefficient (Wildman–Crippen LogP) is 3.16. The van der Waals surface area contributed by atoms with E-state index in [0.29, 0.717) is 18.1 Å². The van der Waals surface area contributed by atoms with Crippen molar-refractivity contribution in [1.82, 2.24) is 4.90 Å². The van der Waals surface area contributed by atoms with E-state index in [0.717, 1.165) is 24.1 Å². The van der Waals surface area contributed by atoms with Crippen LogP contribution in [0.4, 0.5) is 0 Å². The van der Waals surface area contributed by atoms with Gasteiger partial charge in [-0.3, -0.25) is 4.79 Å². The first-order valence-electron chi connectivity index (χ1n) is 7.31. The van der Waals surface area contributed by atoms with Crippen LogP contribution in [0.15, 0.2) is 6.07 Å². The zero-order valence-electron chi connectivity index (χ0n) is 12.0. The third-order valence-electron chi connectivity index (χ3n) is 3.58. The smallest absolute Gasteiger partial charge is 0.264 e. The molecule has 5 heteroatoms. The molecule has 1 amide bonds. The number of hydrogen-bond acceptors (Lipinski definition) is 3. The fourth-order valence-corrected chi connectivity index (χ4v) is 4.02. The van der Waals surface area contributed by atoms with E-state index < -0.39 is 0 Å². The summed E-state index contributed by atoms with van der Waals surface area (Å²) in [6.07, 6.45) is 6.93. The molecule has 0 aliphatic heterocycles. The Kier molecular flexibility index (Phi) is 5.54. The molecule has 1 aromatic heterocycles. The summed E-state index contributed by atoms with van der Waals surface area (Å²) in [4.78, 5) is 17.0. The highest BCUT2D eigenvalue weighted by Crippen LogP contribution is 2.29. The molecule has 1 heterocycles. The van der Waals surface area contributed by atoms with Crippen molar-refractivity contribution in [3.63, 3.8) is 0 Å². The van der Waals surface area contributed by atoms with Crippen molar-refractivity contribution in [1.29, 1.82) is 0 Å².